The van der Waals surface area contributed by atoms with Crippen LogP contribution in [-0.2, 0) is 25.8 Å². The van der Waals surface area contributed by atoms with E-state index in [-0.39, 0.29) is 0 Å². The van der Waals surface area contributed by atoms with Gasteiger partial charge in [-0.1, -0.05) is 13.8 Å². The molecule has 3 heteroatoms. The smallest absolute Gasteiger partial charge is 0.108 e. The van der Waals surface area contributed by atoms with Crippen LogP contribution < -0.4 is 5.73 Å². The van der Waals surface area contributed by atoms with Gasteiger partial charge in [0.2, 0.25) is 0 Å². The van der Waals surface area contributed by atoms with E-state index in [1.807, 2.05) is 0 Å². The predicted octanol–water partition coefficient (Wildman–Crippen LogP) is 1.53. The second-order valence-electron chi connectivity index (χ2n) is 4.56. The summed E-state index contributed by atoms with van der Waals surface area (Å²) in [5.41, 5.74) is 8.34. The van der Waals surface area contributed by atoms with Crippen LogP contribution >= 0.6 is 0 Å². The molecule has 2 N–H and O–H groups in total. The minimum Gasteiger partial charge on any atom is -0.332 e. The summed E-state index contributed by atoms with van der Waals surface area (Å²) in [6.07, 6.45) is 4.44. The first-order valence-electron chi connectivity index (χ1n) is 6.03. The maximum absolute atomic E-state index is 5.63. The molecule has 0 fully saturated rings. The summed E-state index contributed by atoms with van der Waals surface area (Å²) >= 11 is 0. The summed E-state index contributed by atoms with van der Waals surface area (Å²) < 4.78 is 2.42. The van der Waals surface area contributed by atoms with Crippen molar-refractivity contribution in [2.45, 2.75) is 46.1 Å². The van der Waals surface area contributed by atoms with Crippen LogP contribution in [-0.4, -0.2) is 16.1 Å². The lowest BCUT2D eigenvalue weighted by atomic mass is 9.96. The van der Waals surface area contributed by atoms with Gasteiger partial charge in [0.15, 0.2) is 0 Å². The molecule has 1 unspecified atom stereocenters. The lowest BCUT2D eigenvalue weighted by Crippen LogP contribution is -2.19. The van der Waals surface area contributed by atoms with Gasteiger partial charge >= 0.3 is 0 Å². The molecule has 2 heterocycles. The third kappa shape index (κ3) is 1.93. The Morgan fingerprint density at radius 3 is 3.00 bits per heavy atom. The number of aromatic nitrogens is 2. The summed E-state index contributed by atoms with van der Waals surface area (Å²) in [7, 11) is 0. The molecular formula is C12H21N3. The maximum Gasteiger partial charge on any atom is 0.108 e. The molecule has 0 aromatic carbocycles. The van der Waals surface area contributed by atoms with Gasteiger partial charge in [0.25, 0.3) is 0 Å². The molecule has 1 aliphatic rings. The molecule has 0 saturated heterocycles. The summed E-state index contributed by atoms with van der Waals surface area (Å²) in [4.78, 5) is 4.72. The van der Waals surface area contributed by atoms with Crippen LogP contribution in [0, 0.1) is 5.92 Å². The van der Waals surface area contributed by atoms with Crippen LogP contribution in [0.5, 0.6) is 0 Å². The second-order valence-corrected chi connectivity index (χ2v) is 4.56. The average molecular weight is 207 g/mol. The van der Waals surface area contributed by atoms with Crippen molar-refractivity contribution in [1.82, 2.24) is 9.55 Å². The summed E-state index contributed by atoms with van der Waals surface area (Å²) in [5.74, 6) is 2.05. The highest BCUT2D eigenvalue weighted by atomic mass is 15.1. The molecule has 1 aromatic rings. The monoisotopic (exact) mass is 207 g/mol. The van der Waals surface area contributed by atoms with Crippen molar-refractivity contribution >= 4 is 0 Å². The fourth-order valence-electron chi connectivity index (χ4n) is 2.47. The Balaban J connectivity index is 2.36. The SMILES string of the molecule is CCc1nc(CCN)c2n1CCC(C)C2. The quantitative estimate of drug-likeness (QED) is 0.817. The normalized spacial score (nSPS) is 20.3. The second kappa shape index (κ2) is 4.35. The highest BCUT2D eigenvalue weighted by Gasteiger charge is 2.21. The zero-order valence-electron chi connectivity index (χ0n) is 9.79. The van der Waals surface area contributed by atoms with Crippen molar-refractivity contribution in [1.29, 1.82) is 0 Å². The van der Waals surface area contributed by atoms with Crippen LogP contribution in [0.3, 0.4) is 0 Å². The van der Waals surface area contributed by atoms with Gasteiger partial charge in [-0.15, -0.1) is 0 Å². The van der Waals surface area contributed by atoms with Crippen LogP contribution in [0.1, 0.15) is 37.5 Å². The van der Waals surface area contributed by atoms with E-state index in [1.54, 1.807) is 0 Å². The van der Waals surface area contributed by atoms with E-state index in [0.29, 0.717) is 6.54 Å². The van der Waals surface area contributed by atoms with Crippen LogP contribution in [0.4, 0.5) is 0 Å². The fourth-order valence-corrected chi connectivity index (χ4v) is 2.47. The Kier molecular flexibility index (Phi) is 3.10. The standard InChI is InChI=1S/C12H21N3/c1-3-12-14-10(4-6-13)11-8-9(2)5-7-15(11)12/h9H,3-8,13H2,1-2H3. The van der Waals surface area contributed by atoms with E-state index in [4.69, 9.17) is 10.7 Å². The molecule has 1 aliphatic heterocycles. The predicted molar refractivity (Wildman–Crippen MR) is 61.8 cm³/mol. The molecule has 0 amide bonds. The van der Waals surface area contributed by atoms with Gasteiger partial charge in [0.05, 0.1) is 5.69 Å². The van der Waals surface area contributed by atoms with E-state index in [1.165, 1.54) is 30.1 Å². The van der Waals surface area contributed by atoms with Gasteiger partial charge in [0, 0.05) is 25.1 Å². The molecule has 0 spiro atoms. The Labute approximate surface area is 91.7 Å². The van der Waals surface area contributed by atoms with Gasteiger partial charge in [-0.05, 0) is 25.3 Å². The molecule has 2 rings (SSSR count). The number of hydrogen-bond acceptors (Lipinski definition) is 2. The number of fused-ring (bicyclic) bond motifs is 1. The molecule has 1 aromatic heterocycles. The average Bonchev–Trinajstić information content (AvgIpc) is 2.57. The fraction of sp³-hybridized carbons (Fsp3) is 0.750. The largest absolute Gasteiger partial charge is 0.332 e. The summed E-state index contributed by atoms with van der Waals surface area (Å²) in [5, 5.41) is 0. The van der Waals surface area contributed by atoms with Crippen LogP contribution in [0.2, 0.25) is 0 Å². The highest BCUT2D eigenvalue weighted by molar-refractivity contribution is 5.20. The number of aryl methyl sites for hydroxylation is 1. The van der Waals surface area contributed by atoms with Gasteiger partial charge in [-0.25, -0.2) is 4.98 Å². The van der Waals surface area contributed by atoms with Crippen molar-refractivity contribution < 1.29 is 0 Å². The van der Waals surface area contributed by atoms with Crippen molar-refractivity contribution in [3.63, 3.8) is 0 Å². The molecule has 0 radical (unpaired) electrons. The minimum absolute atomic E-state index is 0.710. The molecule has 3 nitrogen and oxygen atoms in total. The first-order valence-corrected chi connectivity index (χ1v) is 6.03. The van der Waals surface area contributed by atoms with Gasteiger partial charge < -0.3 is 10.3 Å². The van der Waals surface area contributed by atoms with E-state index in [9.17, 15) is 0 Å². The van der Waals surface area contributed by atoms with Gasteiger partial charge in [-0.3, -0.25) is 0 Å². The molecule has 15 heavy (non-hydrogen) atoms. The maximum atomic E-state index is 5.63. The molecule has 0 bridgehead atoms. The Bertz CT molecular complexity index is 341. The van der Waals surface area contributed by atoms with Crippen LogP contribution in [0.15, 0.2) is 0 Å². The summed E-state index contributed by atoms with van der Waals surface area (Å²) in [6, 6.07) is 0. The van der Waals surface area contributed by atoms with Crippen molar-refractivity contribution in [3.05, 3.63) is 17.2 Å². The topological polar surface area (TPSA) is 43.8 Å². The third-order valence-electron chi connectivity index (χ3n) is 3.32. The molecule has 0 saturated carbocycles. The van der Waals surface area contributed by atoms with Crippen LogP contribution in [0.25, 0.3) is 0 Å². The Morgan fingerprint density at radius 2 is 2.33 bits per heavy atom. The lowest BCUT2D eigenvalue weighted by molar-refractivity contribution is 0.408. The highest BCUT2D eigenvalue weighted by Crippen LogP contribution is 2.25. The number of nitrogens with zero attached hydrogens (tertiary/aromatic N) is 2. The zero-order valence-corrected chi connectivity index (χ0v) is 9.79. The lowest BCUT2D eigenvalue weighted by Gasteiger charge is -2.22. The Morgan fingerprint density at radius 1 is 1.53 bits per heavy atom. The van der Waals surface area contributed by atoms with E-state index in [0.717, 1.165) is 25.3 Å². The van der Waals surface area contributed by atoms with E-state index >= 15 is 0 Å². The van der Waals surface area contributed by atoms with Crippen molar-refractivity contribution in [2.75, 3.05) is 6.54 Å². The molecule has 1 atom stereocenters. The number of hydrogen-bond donors (Lipinski definition) is 1. The molecule has 84 valence electrons. The number of imidazole rings is 1. The van der Waals surface area contributed by atoms with Crippen molar-refractivity contribution in [2.24, 2.45) is 11.7 Å². The third-order valence-corrected chi connectivity index (χ3v) is 3.32. The Hall–Kier alpha value is -0.830. The van der Waals surface area contributed by atoms with Gasteiger partial charge in [-0.2, -0.15) is 0 Å². The van der Waals surface area contributed by atoms with E-state index < -0.39 is 0 Å². The molecule has 0 aliphatic carbocycles. The first-order chi connectivity index (χ1) is 7.26. The number of nitrogens with two attached hydrogens (primary N) is 1. The summed E-state index contributed by atoms with van der Waals surface area (Å²) in [6.45, 7) is 6.37. The molecular weight excluding hydrogens is 186 g/mol. The minimum atomic E-state index is 0.710. The van der Waals surface area contributed by atoms with Gasteiger partial charge in [0.1, 0.15) is 5.82 Å². The number of rotatable bonds is 3. The first kappa shape index (κ1) is 10.7. The zero-order chi connectivity index (χ0) is 10.8. The van der Waals surface area contributed by atoms with Crippen molar-refractivity contribution in [3.8, 4) is 0 Å². The van der Waals surface area contributed by atoms with E-state index in [2.05, 4.69) is 18.4 Å².